The molecule has 7 aromatic rings. The van der Waals surface area contributed by atoms with Gasteiger partial charge in [0.05, 0.1) is 22.3 Å². The molecule has 0 amide bonds. The third-order valence-electron chi connectivity index (χ3n) is 9.57. The van der Waals surface area contributed by atoms with Crippen molar-refractivity contribution in [2.75, 3.05) is 0 Å². The van der Waals surface area contributed by atoms with Crippen molar-refractivity contribution in [3.63, 3.8) is 0 Å². The van der Waals surface area contributed by atoms with Gasteiger partial charge in [-0.1, -0.05) is 132 Å². The summed E-state index contributed by atoms with van der Waals surface area (Å²) in [6, 6.07) is 43.3. The molecule has 4 nitrogen and oxygen atoms in total. The van der Waals surface area contributed by atoms with E-state index in [2.05, 4.69) is 138 Å². The molecule has 51 heavy (non-hydrogen) atoms. The molecule has 0 aliphatic rings. The van der Waals surface area contributed by atoms with E-state index in [1.54, 1.807) is 6.07 Å². The minimum Gasteiger partial charge on any atom is -0.507 e. The van der Waals surface area contributed by atoms with Crippen LogP contribution in [0.2, 0.25) is 0 Å². The van der Waals surface area contributed by atoms with Gasteiger partial charge in [0.2, 0.25) is 0 Å². The van der Waals surface area contributed by atoms with Gasteiger partial charge in [0.25, 0.3) is 0 Å². The van der Waals surface area contributed by atoms with E-state index in [1.807, 2.05) is 36.5 Å². The molecule has 0 bridgehead atoms. The quantitative estimate of drug-likeness (QED) is 0.163. The van der Waals surface area contributed by atoms with Crippen molar-refractivity contribution in [3.05, 3.63) is 144 Å². The van der Waals surface area contributed by atoms with Crippen molar-refractivity contribution in [1.29, 1.82) is 0 Å². The standard InChI is InChI=1S/C46H44N3O.Pt/c1-29(2)36-20-14-21-37(30(3)4)44(36)49-41-28-35(46(5,6)7)27-39(43(41)48-45(49)38-19-11-12-22-42(38)50)33-17-13-18-34(25-33)40-26-32(23-24-47-40)31-15-9-8-10-16-31;/h8-24,26-30,50H,1-7H3;/q-1;. The van der Waals surface area contributed by atoms with Crippen LogP contribution < -0.4 is 0 Å². The van der Waals surface area contributed by atoms with Crippen LogP contribution in [0, 0.1) is 6.07 Å². The Morgan fingerprint density at radius 1 is 0.667 bits per heavy atom. The fourth-order valence-corrected chi connectivity index (χ4v) is 6.82. The van der Waals surface area contributed by atoms with Crippen LogP contribution >= 0.6 is 0 Å². The van der Waals surface area contributed by atoms with Gasteiger partial charge in [0.15, 0.2) is 0 Å². The molecular weight excluding hydrogens is 806 g/mol. The number of phenolic OH excluding ortho intramolecular Hbond substituents is 1. The minimum atomic E-state index is -0.144. The Morgan fingerprint density at radius 3 is 1.98 bits per heavy atom. The minimum absolute atomic E-state index is 0. The molecule has 2 heterocycles. The smallest absolute Gasteiger partial charge is 0.148 e. The Hall–Kier alpha value is -4.79. The van der Waals surface area contributed by atoms with Crippen LogP contribution in [0.4, 0.5) is 0 Å². The van der Waals surface area contributed by atoms with Gasteiger partial charge in [0, 0.05) is 33.0 Å². The van der Waals surface area contributed by atoms with Crippen LogP contribution in [0.25, 0.3) is 61.6 Å². The molecular formula is C46H44N3OPt-. The third kappa shape index (κ3) is 6.95. The second kappa shape index (κ2) is 14.4. The van der Waals surface area contributed by atoms with Gasteiger partial charge in [-0.05, 0) is 69.3 Å². The van der Waals surface area contributed by atoms with Gasteiger partial charge in [-0.25, -0.2) is 4.98 Å². The number of hydrogen-bond donors (Lipinski definition) is 1. The van der Waals surface area contributed by atoms with Crippen molar-refractivity contribution < 1.29 is 26.2 Å². The SMILES string of the molecule is CC(C)c1cccc(C(C)C)c1-n1c(-c2ccccc2O)nc2c(-c3[c-]c(-c4cc(-c5ccccc5)ccn4)ccc3)cc(C(C)(C)C)cc21.[Pt]. The van der Waals surface area contributed by atoms with E-state index in [-0.39, 0.29) is 44.1 Å². The van der Waals surface area contributed by atoms with Crippen LogP contribution in [-0.2, 0) is 26.5 Å². The molecule has 5 aromatic carbocycles. The molecule has 0 saturated carbocycles. The Kier molecular flexibility index (Phi) is 10.2. The van der Waals surface area contributed by atoms with Crippen LogP contribution in [-0.4, -0.2) is 19.6 Å². The number of pyridine rings is 1. The normalized spacial score (nSPS) is 11.7. The summed E-state index contributed by atoms with van der Waals surface area (Å²) in [6.07, 6.45) is 1.87. The first-order valence-electron chi connectivity index (χ1n) is 17.5. The number of hydrogen-bond acceptors (Lipinski definition) is 3. The van der Waals surface area contributed by atoms with E-state index < -0.39 is 0 Å². The topological polar surface area (TPSA) is 50.9 Å². The van der Waals surface area contributed by atoms with Gasteiger partial charge >= 0.3 is 0 Å². The maximum absolute atomic E-state index is 11.3. The fourth-order valence-electron chi connectivity index (χ4n) is 6.82. The number of aromatic nitrogens is 3. The van der Waals surface area contributed by atoms with Gasteiger partial charge < -0.3 is 5.11 Å². The second-order valence-electron chi connectivity index (χ2n) is 14.8. The molecule has 7 rings (SSSR count). The summed E-state index contributed by atoms with van der Waals surface area (Å²) in [5.41, 5.74) is 13.2. The molecule has 5 heteroatoms. The number of phenols is 1. The van der Waals surface area contributed by atoms with Crippen LogP contribution in [0.5, 0.6) is 5.75 Å². The van der Waals surface area contributed by atoms with E-state index in [1.165, 1.54) is 16.7 Å². The summed E-state index contributed by atoms with van der Waals surface area (Å²) in [6.45, 7) is 15.7. The number of fused-ring (bicyclic) bond motifs is 1. The monoisotopic (exact) mass is 849 g/mol. The largest absolute Gasteiger partial charge is 0.507 e. The summed E-state index contributed by atoms with van der Waals surface area (Å²) in [5.74, 6) is 1.46. The number of imidazole rings is 1. The Morgan fingerprint density at radius 2 is 1.31 bits per heavy atom. The third-order valence-corrected chi connectivity index (χ3v) is 9.57. The predicted molar refractivity (Wildman–Crippen MR) is 208 cm³/mol. The first-order valence-corrected chi connectivity index (χ1v) is 17.5. The molecule has 1 N–H and O–H groups in total. The van der Waals surface area contributed by atoms with Gasteiger partial charge in [-0.2, -0.15) is 0 Å². The molecule has 0 atom stereocenters. The zero-order valence-electron chi connectivity index (χ0n) is 30.3. The van der Waals surface area contributed by atoms with Crippen molar-refractivity contribution in [3.8, 4) is 56.3 Å². The molecule has 0 saturated heterocycles. The Balaban J connectivity index is 0.00000448. The van der Waals surface area contributed by atoms with E-state index in [0.29, 0.717) is 11.4 Å². The van der Waals surface area contributed by atoms with E-state index in [4.69, 9.17) is 9.97 Å². The molecule has 0 spiro atoms. The summed E-state index contributed by atoms with van der Waals surface area (Å²) in [5, 5.41) is 11.3. The van der Waals surface area contributed by atoms with Crippen molar-refractivity contribution in [1.82, 2.24) is 14.5 Å². The van der Waals surface area contributed by atoms with Crippen LogP contribution in [0.1, 0.15) is 77.0 Å². The zero-order chi connectivity index (χ0) is 35.2. The van der Waals surface area contributed by atoms with Crippen molar-refractivity contribution in [2.24, 2.45) is 0 Å². The first-order chi connectivity index (χ1) is 24.0. The van der Waals surface area contributed by atoms with Crippen molar-refractivity contribution in [2.45, 2.75) is 65.7 Å². The number of benzene rings is 5. The van der Waals surface area contributed by atoms with Crippen molar-refractivity contribution >= 4 is 11.0 Å². The second-order valence-corrected chi connectivity index (χ2v) is 14.8. The predicted octanol–water partition coefficient (Wildman–Crippen LogP) is 12.1. The van der Waals surface area contributed by atoms with Gasteiger partial charge in [-0.15, -0.1) is 29.8 Å². The molecule has 2 aromatic heterocycles. The van der Waals surface area contributed by atoms with E-state index >= 15 is 0 Å². The maximum atomic E-state index is 11.3. The Bertz CT molecular complexity index is 2300. The molecule has 0 aliphatic heterocycles. The summed E-state index contributed by atoms with van der Waals surface area (Å²) in [7, 11) is 0. The first kappa shape index (κ1) is 36.0. The van der Waals surface area contributed by atoms with Crippen LogP contribution in [0.15, 0.2) is 121 Å². The van der Waals surface area contributed by atoms with E-state index in [9.17, 15) is 5.11 Å². The molecule has 0 unspecified atom stereocenters. The average molecular weight is 850 g/mol. The summed E-state index contributed by atoms with van der Waals surface area (Å²) < 4.78 is 2.31. The fraction of sp³-hybridized carbons (Fsp3) is 0.217. The number of rotatable bonds is 7. The molecule has 260 valence electrons. The van der Waals surface area contributed by atoms with E-state index in [0.717, 1.165) is 50.2 Å². The molecule has 0 aliphatic carbocycles. The van der Waals surface area contributed by atoms with Gasteiger partial charge in [0.1, 0.15) is 11.6 Å². The molecule has 0 fully saturated rings. The molecule has 0 radical (unpaired) electrons. The maximum Gasteiger partial charge on any atom is 0.148 e. The number of para-hydroxylation sites is 2. The van der Waals surface area contributed by atoms with Gasteiger partial charge in [-0.3, -0.25) is 9.55 Å². The number of nitrogens with zero attached hydrogens (tertiary/aromatic N) is 3. The average Bonchev–Trinajstić information content (AvgIpc) is 3.50. The Labute approximate surface area is 316 Å². The summed E-state index contributed by atoms with van der Waals surface area (Å²) >= 11 is 0. The summed E-state index contributed by atoms with van der Waals surface area (Å²) in [4.78, 5) is 10.2. The zero-order valence-corrected chi connectivity index (χ0v) is 32.6. The van der Waals surface area contributed by atoms with Crippen LogP contribution in [0.3, 0.4) is 0 Å². The number of aromatic hydroxyl groups is 1.